The Morgan fingerprint density at radius 2 is 1.64 bits per heavy atom. The zero-order valence-corrected chi connectivity index (χ0v) is 17.3. The van der Waals surface area contributed by atoms with E-state index in [4.69, 9.17) is 27.9 Å². The number of ether oxygens (including phenoxy) is 1. The summed E-state index contributed by atoms with van der Waals surface area (Å²) in [5.74, 6) is 0.373. The van der Waals surface area contributed by atoms with E-state index in [0.29, 0.717) is 34.4 Å². The lowest BCUT2D eigenvalue weighted by Gasteiger charge is -2.37. The molecule has 1 amide bonds. The second kappa shape index (κ2) is 8.84. The first kappa shape index (κ1) is 20.5. The summed E-state index contributed by atoms with van der Waals surface area (Å²) >= 11 is 12.1. The minimum Gasteiger partial charge on any atom is -0.479 e. The van der Waals surface area contributed by atoms with Gasteiger partial charge in [-0.25, -0.2) is 0 Å². The number of rotatable bonds is 5. The van der Waals surface area contributed by atoms with Crippen LogP contribution in [-0.2, 0) is 4.79 Å². The van der Waals surface area contributed by atoms with Crippen LogP contribution < -0.4 is 9.64 Å². The number of anilines is 1. The average Bonchev–Trinajstić information content (AvgIpc) is 2.71. The third-order valence-corrected chi connectivity index (χ3v) is 5.60. The maximum absolute atomic E-state index is 12.7. The highest BCUT2D eigenvalue weighted by atomic mass is 35.5. The molecule has 1 saturated heterocycles. The van der Waals surface area contributed by atoms with Gasteiger partial charge in [0.25, 0.3) is 5.91 Å². The molecule has 0 aliphatic carbocycles. The van der Waals surface area contributed by atoms with E-state index in [1.54, 1.807) is 36.9 Å². The third-order valence-electron chi connectivity index (χ3n) is 4.80. The third kappa shape index (κ3) is 4.59. The van der Waals surface area contributed by atoms with Crippen molar-refractivity contribution in [1.29, 1.82) is 0 Å². The zero-order chi connectivity index (χ0) is 20.3. The molecule has 1 aliphatic heterocycles. The molecule has 1 heterocycles. The van der Waals surface area contributed by atoms with Crippen molar-refractivity contribution in [3.05, 3.63) is 58.1 Å². The number of Topliss-reactive ketones (excluding diaryl/α,β-unsaturated/α-hetero) is 1. The van der Waals surface area contributed by atoms with Crippen LogP contribution in [0.3, 0.4) is 0 Å². The Morgan fingerprint density at radius 1 is 1.00 bits per heavy atom. The number of amides is 1. The van der Waals surface area contributed by atoms with Crippen molar-refractivity contribution >= 4 is 40.6 Å². The second-order valence-corrected chi connectivity index (χ2v) is 7.51. The van der Waals surface area contributed by atoms with Crippen LogP contribution in [0.1, 0.15) is 24.2 Å². The molecule has 3 rings (SSSR count). The van der Waals surface area contributed by atoms with Crippen LogP contribution in [0.5, 0.6) is 5.75 Å². The lowest BCUT2D eigenvalue weighted by atomic mass is 10.1. The molecule has 28 heavy (non-hydrogen) atoms. The molecule has 0 bridgehead atoms. The molecule has 1 unspecified atom stereocenters. The number of halogens is 2. The summed E-state index contributed by atoms with van der Waals surface area (Å²) in [6.45, 7) is 5.91. The fourth-order valence-electron chi connectivity index (χ4n) is 3.16. The molecule has 148 valence electrons. The summed E-state index contributed by atoms with van der Waals surface area (Å²) in [5, 5.41) is 0.700. The predicted octanol–water partition coefficient (Wildman–Crippen LogP) is 4.31. The van der Waals surface area contributed by atoms with Gasteiger partial charge in [-0.3, -0.25) is 9.59 Å². The molecule has 0 spiro atoms. The molecule has 1 aliphatic rings. The van der Waals surface area contributed by atoms with E-state index in [2.05, 4.69) is 4.90 Å². The van der Waals surface area contributed by atoms with Crippen LogP contribution in [0.2, 0.25) is 10.0 Å². The zero-order valence-electron chi connectivity index (χ0n) is 15.8. The van der Waals surface area contributed by atoms with Crippen molar-refractivity contribution in [2.75, 3.05) is 31.1 Å². The monoisotopic (exact) mass is 420 g/mol. The first-order chi connectivity index (χ1) is 13.4. The van der Waals surface area contributed by atoms with E-state index >= 15 is 0 Å². The Labute approximate surface area is 174 Å². The number of carbonyl (C=O) groups excluding carboxylic acids is 2. The van der Waals surface area contributed by atoms with E-state index < -0.39 is 6.10 Å². The van der Waals surface area contributed by atoms with Crippen LogP contribution in [0.15, 0.2) is 42.5 Å². The van der Waals surface area contributed by atoms with Crippen molar-refractivity contribution in [2.24, 2.45) is 0 Å². The van der Waals surface area contributed by atoms with E-state index in [0.717, 1.165) is 18.8 Å². The van der Waals surface area contributed by atoms with E-state index in [9.17, 15) is 9.59 Å². The van der Waals surface area contributed by atoms with Gasteiger partial charge in [0.1, 0.15) is 10.8 Å². The van der Waals surface area contributed by atoms with Gasteiger partial charge < -0.3 is 14.5 Å². The van der Waals surface area contributed by atoms with E-state index in [1.807, 2.05) is 24.3 Å². The molecule has 0 N–H and O–H groups in total. The van der Waals surface area contributed by atoms with Crippen LogP contribution >= 0.6 is 23.2 Å². The molecule has 0 saturated carbocycles. The van der Waals surface area contributed by atoms with Crippen molar-refractivity contribution in [3.8, 4) is 5.75 Å². The van der Waals surface area contributed by atoms with Crippen molar-refractivity contribution < 1.29 is 14.3 Å². The van der Waals surface area contributed by atoms with Crippen LogP contribution in [0.4, 0.5) is 5.69 Å². The average molecular weight is 421 g/mol. The summed E-state index contributed by atoms with van der Waals surface area (Å²) in [6, 6.07) is 12.7. The first-order valence-electron chi connectivity index (χ1n) is 9.12. The van der Waals surface area contributed by atoms with Gasteiger partial charge in [-0.2, -0.15) is 0 Å². The Balaban J connectivity index is 1.57. The number of piperazine rings is 1. The van der Waals surface area contributed by atoms with Gasteiger partial charge in [0.05, 0.1) is 5.02 Å². The molecule has 7 heteroatoms. The Bertz CT molecular complexity index is 862. The molecule has 2 aromatic carbocycles. The Morgan fingerprint density at radius 3 is 2.25 bits per heavy atom. The standard InChI is InChI=1S/C21H22Cl2N2O3/c1-14(26)16-6-8-17(9-7-16)24-10-12-25(13-11-24)21(27)15(2)28-19-5-3-4-18(22)20(19)23/h3-9,15H,10-13H2,1-2H3. The van der Waals surface area contributed by atoms with E-state index in [1.165, 1.54) is 0 Å². The summed E-state index contributed by atoms with van der Waals surface area (Å²) in [6.07, 6.45) is -0.655. The fraction of sp³-hybridized carbons (Fsp3) is 0.333. The summed E-state index contributed by atoms with van der Waals surface area (Å²) in [7, 11) is 0. The lowest BCUT2D eigenvalue weighted by molar-refractivity contribution is -0.138. The highest BCUT2D eigenvalue weighted by molar-refractivity contribution is 6.42. The van der Waals surface area contributed by atoms with Crippen molar-refractivity contribution in [2.45, 2.75) is 20.0 Å². The van der Waals surface area contributed by atoms with Crippen LogP contribution in [-0.4, -0.2) is 48.9 Å². The molecule has 0 aromatic heterocycles. The molecule has 2 aromatic rings. The largest absolute Gasteiger partial charge is 0.479 e. The molecule has 1 atom stereocenters. The predicted molar refractivity (Wildman–Crippen MR) is 112 cm³/mol. The van der Waals surface area contributed by atoms with Crippen molar-refractivity contribution in [3.63, 3.8) is 0 Å². The number of carbonyl (C=O) groups is 2. The van der Waals surface area contributed by atoms with Gasteiger partial charge in [-0.15, -0.1) is 0 Å². The Kier molecular flexibility index (Phi) is 6.47. The SMILES string of the molecule is CC(=O)c1ccc(N2CCN(C(=O)C(C)Oc3cccc(Cl)c3Cl)CC2)cc1. The van der Waals surface area contributed by atoms with Gasteiger partial charge in [-0.1, -0.05) is 29.3 Å². The van der Waals surface area contributed by atoms with Crippen LogP contribution in [0, 0.1) is 0 Å². The number of benzene rings is 2. The molecule has 5 nitrogen and oxygen atoms in total. The quantitative estimate of drug-likeness (QED) is 0.676. The second-order valence-electron chi connectivity index (χ2n) is 6.73. The fourth-order valence-corrected chi connectivity index (χ4v) is 3.50. The number of hydrogen-bond acceptors (Lipinski definition) is 4. The summed E-state index contributed by atoms with van der Waals surface area (Å²) in [4.78, 5) is 28.1. The minimum atomic E-state index is -0.655. The van der Waals surface area contributed by atoms with Gasteiger partial charge in [-0.05, 0) is 50.2 Å². The smallest absolute Gasteiger partial charge is 0.263 e. The Hall–Kier alpha value is -2.24. The van der Waals surface area contributed by atoms with Crippen LogP contribution in [0.25, 0.3) is 0 Å². The minimum absolute atomic E-state index is 0.0516. The number of ketones is 1. The highest BCUT2D eigenvalue weighted by Gasteiger charge is 2.26. The maximum Gasteiger partial charge on any atom is 0.263 e. The summed E-state index contributed by atoms with van der Waals surface area (Å²) in [5.41, 5.74) is 1.75. The van der Waals surface area contributed by atoms with Gasteiger partial charge in [0.2, 0.25) is 0 Å². The van der Waals surface area contributed by atoms with E-state index in [-0.39, 0.29) is 11.7 Å². The topological polar surface area (TPSA) is 49.9 Å². The molecular weight excluding hydrogens is 399 g/mol. The summed E-state index contributed by atoms with van der Waals surface area (Å²) < 4.78 is 5.73. The lowest BCUT2D eigenvalue weighted by Crippen LogP contribution is -2.52. The first-order valence-corrected chi connectivity index (χ1v) is 9.88. The number of nitrogens with zero attached hydrogens (tertiary/aromatic N) is 2. The van der Waals surface area contributed by atoms with Crippen molar-refractivity contribution in [1.82, 2.24) is 4.90 Å². The molecule has 1 fully saturated rings. The van der Waals surface area contributed by atoms with Gasteiger partial charge >= 0.3 is 0 Å². The molecular formula is C21H22Cl2N2O3. The maximum atomic E-state index is 12.7. The van der Waals surface area contributed by atoms with Gasteiger partial charge in [0, 0.05) is 37.4 Å². The number of hydrogen-bond donors (Lipinski definition) is 0. The van der Waals surface area contributed by atoms with Gasteiger partial charge in [0.15, 0.2) is 11.9 Å². The normalized spacial score (nSPS) is 15.3. The molecule has 0 radical (unpaired) electrons. The highest BCUT2D eigenvalue weighted by Crippen LogP contribution is 2.32.